The lowest BCUT2D eigenvalue weighted by molar-refractivity contribution is 0.414. The fraction of sp³-hybridized carbons (Fsp3) is 0.188. The van der Waals surface area contributed by atoms with Gasteiger partial charge in [-0.1, -0.05) is 30.3 Å². The number of hydrogen-bond donors (Lipinski definition) is 1. The molecule has 1 aromatic heterocycles. The van der Waals surface area contributed by atoms with Crippen LogP contribution in [0.2, 0.25) is 0 Å². The first kappa shape index (κ1) is 16.9. The Morgan fingerprint density at radius 2 is 1.87 bits per heavy atom. The summed E-state index contributed by atoms with van der Waals surface area (Å²) in [5.41, 5.74) is 8.71. The molecule has 0 atom stereocenters. The van der Waals surface area contributed by atoms with Gasteiger partial charge in [0.2, 0.25) is 5.82 Å². The van der Waals surface area contributed by atoms with Gasteiger partial charge in [-0.25, -0.2) is 0 Å². The minimum atomic E-state index is 0. The fourth-order valence-corrected chi connectivity index (χ4v) is 2.16. The van der Waals surface area contributed by atoms with Gasteiger partial charge in [-0.3, -0.25) is 0 Å². The predicted molar refractivity (Wildman–Crippen MR) is 90.5 cm³/mol. The van der Waals surface area contributed by atoms with Crippen LogP contribution in [-0.2, 0) is 13.1 Å². The van der Waals surface area contributed by atoms with Gasteiger partial charge in [-0.2, -0.15) is 4.80 Å². The van der Waals surface area contributed by atoms with E-state index in [9.17, 15) is 0 Å². The Labute approximate surface area is 140 Å². The molecule has 0 unspecified atom stereocenters. The Bertz CT molecular complexity index is 757. The Kier molecular flexibility index (Phi) is 5.67. The van der Waals surface area contributed by atoms with E-state index in [4.69, 9.17) is 10.5 Å². The molecule has 0 fully saturated rings. The lowest BCUT2D eigenvalue weighted by Crippen LogP contribution is -2.04. The molecular weight excluding hydrogens is 314 g/mol. The van der Waals surface area contributed by atoms with E-state index in [2.05, 4.69) is 15.4 Å². The molecular formula is C16H18ClN5O. The molecule has 7 heteroatoms. The third-order valence-corrected chi connectivity index (χ3v) is 3.36. The minimum Gasteiger partial charge on any atom is -0.497 e. The molecule has 0 bridgehead atoms. The molecule has 0 saturated carbocycles. The van der Waals surface area contributed by atoms with Crippen molar-refractivity contribution in [3.8, 4) is 17.1 Å². The maximum absolute atomic E-state index is 5.66. The van der Waals surface area contributed by atoms with E-state index in [0.29, 0.717) is 18.9 Å². The van der Waals surface area contributed by atoms with E-state index >= 15 is 0 Å². The molecule has 0 aliphatic heterocycles. The third kappa shape index (κ3) is 4.06. The number of nitrogens with zero attached hydrogens (tertiary/aromatic N) is 4. The van der Waals surface area contributed by atoms with Crippen LogP contribution >= 0.6 is 12.4 Å². The Morgan fingerprint density at radius 1 is 1.09 bits per heavy atom. The molecule has 0 radical (unpaired) electrons. The zero-order chi connectivity index (χ0) is 15.4. The predicted octanol–water partition coefficient (Wildman–Crippen LogP) is 2.28. The highest BCUT2D eigenvalue weighted by atomic mass is 35.5. The van der Waals surface area contributed by atoms with E-state index in [1.807, 2.05) is 48.5 Å². The number of hydrogen-bond acceptors (Lipinski definition) is 5. The normalized spacial score (nSPS) is 10.2. The van der Waals surface area contributed by atoms with Crippen molar-refractivity contribution in [1.29, 1.82) is 0 Å². The quantitative estimate of drug-likeness (QED) is 0.776. The summed E-state index contributed by atoms with van der Waals surface area (Å²) in [7, 11) is 1.65. The van der Waals surface area contributed by atoms with Gasteiger partial charge in [0.15, 0.2) is 0 Å². The Balaban J connectivity index is 0.00000192. The van der Waals surface area contributed by atoms with Crippen LogP contribution in [0.25, 0.3) is 11.4 Å². The summed E-state index contributed by atoms with van der Waals surface area (Å²) < 4.78 is 5.14. The lowest BCUT2D eigenvalue weighted by atomic mass is 10.1. The van der Waals surface area contributed by atoms with Crippen LogP contribution in [0, 0.1) is 0 Å². The molecule has 0 aliphatic carbocycles. The van der Waals surface area contributed by atoms with Crippen LogP contribution < -0.4 is 10.5 Å². The van der Waals surface area contributed by atoms with E-state index in [1.165, 1.54) is 0 Å². The third-order valence-electron chi connectivity index (χ3n) is 3.36. The summed E-state index contributed by atoms with van der Waals surface area (Å²) in [6.45, 7) is 1.06. The molecule has 3 aromatic rings. The van der Waals surface area contributed by atoms with Crippen molar-refractivity contribution < 1.29 is 4.74 Å². The fourth-order valence-electron chi connectivity index (χ4n) is 2.16. The number of halogens is 1. The van der Waals surface area contributed by atoms with E-state index in [0.717, 1.165) is 22.4 Å². The smallest absolute Gasteiger partial charge is 0.204 e. The van der Waals surface area contributed by atoms with Crippen molar-refractivity contribution >= 4 is 12.4 Å². The van der Waals surface area contributed by atoms with Gasteiger partial charge in [0.25, 0.3) is 0 Å². The number of aromatic nitrogens is 4. The zero-order valence-corrected chi connectivity index (χ0v) is 13.5. The van der Waals surface area contributed by atoms with Crippen LogP contribution in [0.5, 0.6) is 5.75 Å². The van der Waals surface area contributed by atoms with E-state index < -0.39 is 0 Å². The average molecular weight is 332 g/mol. The number of methoxy groups -OCH3 is 1. The second-order valence-corrected chi connectivity index (χ2v) is 4.90. The van der Waals surface area contributed by atoms with Gasteiger partial charge in [-0.15, -0.1) is 22.6 Å². The first-order valence-corrected chi connectivity index (χ1v) is 6.98. The molecule has 0 saturated heterocycles. The van der Waals surface area contributed by atoms with Crippen molar-refractivity contribution in [2.24, 2.45) is 5.73 Å². The van der Waals surface area contributed by atoms with Crippen LogP contribution in [0.15, 0.2) is 48.5 Å². The van der Waals surface area contributed by atoms with Crippen LogP contribution in [0.3, 0.4) is 0 Å². The molecule has 23 heavy (non-hydrogen) atoms. The molecule has 120 valence electrons. The maximum atomic E-state index is 5.66. The molecule has 6 nitrogen and oxygen atoms in total. The van der Waals surface area contributed by atoms with Crippen molar-refractivity contribution in [1.82, 2.24) is 20.2 Å². The highest BCUT2D eigenvalue weighted by Gasteiger charge is 2.07. The molecule has 2 aromatic carbocycles. The first-order chi connectivity index (χ1) is 10.8. The van der Waals surface area contributed by atoms with Crippen LogP contribution in [-0.4, -0.2) is 27.3 Å². The van der Waals surface area contributed by atoms with E-state index in [1.54, 1.807) is 11.9 Å². The van der Waals surface area contributed by atoms with Gasteiger partial charge < -0.3 is 10.5 Å². The minimum absolute atomic E-state index is 0. The summed E-state index contributed by atoms with van der Waals surface area (Å²) in [4.78, 5) is 1.58. The lowest BCUT2D eigenvalue weighted by Gasteiger charge is -2.02. The van der Waals surface area contributed by atoms with Gasteiger partial charge in [-0.05, 0) is 34.5 Å². The summed E-state index contributed by atoms with van der Waals surface area (Å²) in [6, 6.07) is 15.7. The zero-order valence-electron chi connectivity index (χ0n) is 12.7. The SMILES string of the molecule is COc1ccc(Cn2nnc(-c3cccc(CN)c3)n2)cc1.Cl. The number of ether oxygens (including phenoxy) is 1. The maximum Gasteiger partial charge on any atom is 0.204 e. The summed E-state index contributed by atoms with van der Waals surface area (Å²) in [5, 5.41) is 12.6. The molecule has 3 rings (SSSR count). The second kappa shape index (κ2) is 7.71. The van der Waals surface area contributed by atoms with Crippen molar-refractivity contribution in [2.75, 3.05) is 7.11 Å². The van der Waals surface area contributed by atoms with Gasteiger partial charge >= 0.3 is 0 Å². The number of tetrazole rings is 1. The molecule has 0 aliphatic rings. The highest BCUT2D eigenvalue weighted by Crippen LogP contribution is 2.16. The first-order valence-electron chi connectivity index (χ1n) is 6.98. The van der Waals surface area contributed by atoms with Crippen molar-refractivity contribution in [3.63, 3.8) is 0 Å². The average Bonchev–Trinajstić information content (AvgIpc) is 3.04. The number of benzene rings is 2. The molecule has 2 N–H and O–H groups in total. The van der Waals surface area contributed by atoms with Crippen molar-refractivity contribution in [3.05, 3.63) is 59.7 Å². The van der Waals surface area contributed by atoms with Crippen molar-refractivity contribution in [2.45, 2.75) is 13.1 Å². The van der Waals surface area contributed by atoms with Gasteiger partial charge in [0, 0.05) is 12.1 Å². The van der Waals surface area contributed by atoms with Crippen LogP contribution in [0.1, 0.15) is 11.1 Å². The standard InChI is InChI=1S/C16H17N5O.ClH/c1-22-15-7-5-12(6-8-15)11-21-19-16(18-20-21)14-4-2-3-13(9-14)10-17;/h2-9H,10-11,17H2,1H3;1H. The largest absolute Gasteiger partial charge is 0.497 e. The Morgan fingerprint density at radius 3 is 2.57 bits per heavy atom. The monoisotopic (exact) mass is 331 g/mol. The summed E-state index contributed by atoms with van der Waals surface area (Å²) >= 11 is 0. The number of nitrogens with two attached hydrogens (primary N) is 1. The van der Waals surface area contributed by atoms with Gasteiger partial charge in [0.1, 0.15) is 5.75 Å². The molecule has 0 spiro atoms. The second-order valence-electron chi connectivity index (χ2n) is 4.90. The van der Waals surface area contributed by atoms with E-state index in [-0.39, 0.29) is 12.4 Å². The number of rotatable bonds is 5. The summed E-state index contributed by atoms with van der Waals surface area (Å²) in [6.07, 6.45) is 0. The summed E-state index contributed by atoms with van der Waals surface area (Å²) in [5.74, 6) is 1.43. The Hall–Kier alpha value is -2.44. The van der Waals surface area contributed by atoms with Gasteiger partial charge in [0.05, 0.1) is 13.7 Å². The van der Waals surface area contributed by atoms with Crippen LogP contribution in [0.4, 0.5) is 0 Å². The molecule has 1 heterocycles. The molecule has 0 amide bonds. The highest BCUT2D eigenvalue weighted by molar-refractivity contribution is 5.85. The topological polar surface area (TPSA) is 78.8 Å².